The molecule has 6 heteroatoms. The van der Waals surface area contributed by atoms with E-state index in [0.29, 0.717) is 38.4 Å². The number of amides is 1. The fourth-order valence-corrected chi connectivity index (χ4v) is 4.77. The number of rotatable bonds is 4. The molecular weight excluding hydrogens is 340 g/mol. The van der Waals surface area contributed by atoms with E-state index in [4.69, 9.17) is 0 Å². The molecule has 0 unspecified atom stereocenters. The first-order valence-corrected chi connectivity index (χ1v) is 9.80. The summed E-state index contributed by atoms with van der Waals surface area (Å²) in [7, 11) is 2.12. The summed E-state index contributed by atoms with van der Waals surface area (Å²) in [6.07, 6.45) is 6.09. The van der Waals surface area contributed by atoms with Crippen LogP contribution in [0.15, 0.2) is 49.1 Å². The van der Waals surface area contributed by atoms with Gasteiger partial charge in [0.1, 0.15) is 0 Å². The number of aliphatic hydroxyl groups excluding tert-OH is 1. The van der Waals surface area contributed by atoms with Gasteiger partial charge in [-0.2, -0.15) is 0 Å². The summed E-state index contributed by atoms with van der Waals surface area (Å²) in [5.74, 6) is 0.647. The highest BCUT2D eigenvalue weighted by Gasteiger charge is 2.46. The zero-order valence-corrected chi connectivity index (χ0v) is 15.8. The van der Waals surface area contributed by atoms with Crippen LogP contribution in [0.25, 0.3) is 0 Å². The number of fused-ring (bicyclic) bond motifs is 1. The number of aromatic nitrogens is 2. The first-order chi connectivity index (χ1) is 13.1. The molecule has 0 radical (unpaired) electrons. The molecule has 0 spiro atoms. The predicted octanol–water partition coefficient (Wildman–Crippen LogP) is 1.58. The van der Waals surface area contributed by atoms with Gasteiger partial charge in [-0.05, 0) is 19.0 Å². The van der Waals surface area contributed by atoms with Crippen LogP contribution in [0.4, 0.5) is 0 Å². The molecule has 0 aliphatic carbocycles. The number of aliphatic hydroxyl groups is 1. The van der Waals surface area contributed by atoms with Gasteiger partial charge in [-0.15, -0.1) is 0 Å². The topological polar surface area (TPSA) is 61.6 Å². The first kappa shape index (κ1) is 18.2. The van der Waals surface area contributed by atoms with Crippen LogP contribution in [0.3, 0.4) is 0 Å². The summed E-state index contributed by atoms with van der Waals surface area (Å²) < 4.78 is 1.93. The van der Waals surface area contributed by atoms with Crippen molar-refractivity contribution in [2.24, 2.45) is 5.92 Å². The third-order valence-electron chi connectivity index (χ3n) is 6.23. The summed E-state index contributed by atoms with van der Waals surface area (Å²) in [6, 6.07) is 10.7. The van der Waals surface area contributed by atoms with Crippen molar-refractivity contribution in [2.75, 3.05) is 26.7 Å². The third-order valence-corrected chi connectivity index (χ3v) is 6.23. The monoisotopic (exact) mass is 368 g/mol. The van der Waals surface area contributed by atoms with Crippen LogP contribution in [0, 0.1) is 5.92 Å². The molecule has 2 saturated heterocycles. The molecule has 6 nitrogen and oxygen atoms in total. The zero-order chi connectivity index (χ0) is 18.8. The van der Waals surface area contributed by atoms with E-state index in [-0.39, 0.29) is 24.0 Å². The Hall–Kier alpha value is -2.18. The van der Waals surface area contributed by atoms with E-state index < -0.39 is 0 Å². The van der Waals surface area contributed by atoms with Crippen LogP contribution in [-0.2, 0) is 11.3 Å². The summed E-state index contributed by atoms with van der Waals surface area (Å²) >= 11 is 0. The van der Waals surface area contributed by atoms with Crippen LogP contribution in [0.5, 0.6) is 0 Å². The standard InChI is InChI=1S/C21H28N4O2/c1-23-13-17(16-5-3-2-4-6-16)21-18(23)14-25(11-7-19(21)26)20(27)8-10-24-12-9-22-15-24/h2-6,9,12,15,17-19,21,26H,7-8,10-11,13-14H2,1H3/t17-,18+,19+,21-/m0/s1. The minimum absolute atomic E-state index is 0.160. The van der Waals surface area contributed by atoms with Gasteiger partial charge in [-0.25, -0.2) is 4.98 Å². The van der Waals surface area contributed by atoms with Crippen LogP contribution >= 0.6 is 0 Å². The molecule has 2 aromatic rings. The number of nitrogens with zero attached hydrogens (tertiary/aromatic N) is 4. The number of likely N-dealkylation sites (N-methyl/N-ethyl adjacent to an activating group) is 1. The van der Waals surface area contributed by atoms with E-state index in [0.717, 1.165) is 6.54 Å². The predicted molar refractivity (Wildman–Crippen MR) is 103 cm³/mol. The van der Waals surface area contributed by atoms with E-state index >= 15 is 0 Å². The van der Waals surface area contributed by atoms with Crippen molar-refractivity contribution in [2.45, 2.75) is 37.5 Å². The molecule has 1 N–H and O–H groups in total. The van der Waals surface area contributed by atoms with Gasteiger partial charge in [0.25, 0.3) is 0 Å². The summed E-state index contributed by atoms with van der Waals surface area (Å²) in [6.45, 7) is 2.90. The number of benzene rings is 1. The molecule has 0 saturated carbocycles. The van der Waals surface area contributed by atoms with Crippen LogP contribution in [0.1, 0.15) is 24.3 Å². The van der Waals surface area contributed by atoms with Crippen molar-refractivity contribution in [3.8, 4) is 0 Å². The summed E-state index contributed by atoms with van der Waals surface area (Å²) in [5, 5.41) is 10.9. The van der Waals surface area contributed by atoms with Crippen molar-refractivity contribution >= 4 is 5.91 Å². The Bertz CT molecular complexity index is 749. The number of aryl methyl sites for hydroxylation is 1. The number of hydrogen-bond donors (Lipinski definition) is 1. The Balaban J connectivity index is 1.47. The molecule has 2 aliphatic rings. The minimum atomic E-state index is -0.378. The van der Waals surface area contributed by atoms with E-state index in [1.807, 2.05) is 21.7 Å². The highest BCUT2D eigenvalue weighted by atomic mass is 16.3. The summed E-state index contributed by atoms with van der Waals surface area (Å²) in [5.41, 5.74) is 1.29. The average Bonchev–Trinajstić information content (AvgIpc) is 3.27. The third kappa shape index (κ3) is 3.77. The fraction of sp³-hybridized carbons (Fsp3) is 0.524. The first-order valence-electron chi connectivity index (χ1n) is 9.80. The normalized spacial score (nSPS) is 28.7. The molecule has 1 amide bonds. The van der Waals surface area contributed by atoms with Crippen LogP contribution in [0.2, 0.25) is 0 Å². The molecule has 2 fully saturated rings. The number of likely N-dealkylation sites (tertiary alicyclic amines) is 2. The molecular formula is C21H28N4O2. The molecule has 4 atom stereocenters. The zero-order valence-electron chi connectivity index (χ0n) is 15.8. The van der Waals surface area contributed by atoms with Gasteiger partial charge >= 0.3 is 0 Å². The summed E-state index contributed by atoms with van der Waals surface area (Å²) in [4.78, 5) is 21.1. The molecule has 144 valence electrons. The molecule has 3 heterocycles. The number of carbonyl (C=O) groups excluding carboxylic acids is 1. The van der Waals surface area contributed by atoms with E-state index in [9.17, 15) is 9.90 Å². The largest absolute Gasteiger partial charge is 0.393 e. The Morgan fingerprint density at radius 3 is 2.81 bits per heavy atom. The van der Waals surface area contributed by atoms with Gasteiger partial charge in [0.2, 0.25) is 5.91 Å². The molecule has 27 heavy (non-hydrogen) atoms. The Morgan fingerprint density at radius 2 is 2.07 bits per heavy atom. The lowest BCUT2D eigenvalue weighted by Gasteiger charge is -2.29. The fourth-order valence-electron chi connectivity index (χ4n) is 4.77. The Kier molecular flexibility index (Phi) is 5.27. The van der Waals surface area contributed by atoms with Crippen LogP contribution < -0.4 is 0 Å². The van der Waals surface area contributed by atoms with Gasteiger partial charge in [0.05, 0.1) is 12.4 Å². The van der Waals surface area contributed by atoms with Crippen molar-refractivity contribution in [1.82, 2.24) is 19.4 Å². The lowest BCUT2D eigenvalue weighted by atomic mass is 9.81. The Labute approximate surface area is 160 Å². The maximum Gasteiger partial charge on any atom is 0.224 e. The van der Waals surface area contributed by atoms with Crippen molar-refractivity contribution in [3.63, 3.8) is 0 Å². The van der Waals surface area contributed by atoms with Crippen molar-refractivity contribution in [1.29, 1.82) is 0 Å². The lowest BCUT2D eigenvalue weighted by Crippen LogP contribution is -2.43. The van der Waals surface area contributed by atoms with Crippen molar-refractivity contribution in [3.05, 3.63) is 54.6 Å². The van der Waals surface area contributed by atoms with E-state index in [1.165, 1.54) is 5.56 Å². The second-order valence-corrected chi connectivity index (χ2v) is 7.85. The number of imidazole rings is 1. The second-order valence-electron chi connectivity index (χ2n) is 7.85. The SMILES string of the molecule is CN1C[C@@H](c2ccccc2)[C@@H]2[C@H](O)CCN(C(=O)CCn3ccnc3)C[C@H]21. The van der Waals surface area contributed by atoms with E-state index in [1.54, 1.807) is 12.5 Å². The number of carbonyl (C=O) groups is 1. The van der Waals surface area contributed by atoms with E-state index in [2.05, 4.69) is 41.2 Å². The lowest BCUT2D eigenvalue weighted by molar-refractivity contribution is -0.132. The quantitative estimate of drug-likeness (QED) is 0.890. The average molecular weight is 368 g/mol. The molecule has 0 bridgehead atoms. The van der Waals surface area contributed by atoms with Crippen LogP contribution in [-0.4, -0.2) is 69.2 Å². The van der Waals surface area contributed by atoms with Gasteiger partial charge in [-0.1, -0.05) is 30.3 Å². The highest BCUT2D eigenvalue weighted by Crippen LogP contribution is 2.41. The van der Waals surface area contributed by atoms with Gasteiger partial charge in [-0.3, -0.25) is 4.79 Å². The molecule has 2 aliphatic heterocycles. The van der Waals surface area contributed by atoms with Gasteiger partial charge in [0, 0.05) is 62.9 Å². The highest BCUT2D eigenvalue weighted by molar-refractivity contribution is 5.76. The molecule has 1 aromatic heterocycles. The number of hydrogen-bond acceptors (Lipinski definition) is 4. The van der Waals surface area contributed by atoms with Gasteiger partial charge < -0.3 is 19.5 Å². The minimum Gasteiger partial charge on any atom is -0.393 e. The maximum atomic E-state index is 12.8. The maximum absolute atomic E-state index is 12.8. The van der Waals surface area contributed by atoms with Gasteiger partial charge in [0.15, 0.2) is 0 Å². The van der Waals surface area contributed by atoms with Crippen molar-refractivity contribution < 1.29 is 9.90 Å². The molecule has 4 rings (SSSR count). The second kappa shape index (κ2) is 7.82. The Morgan fingerprint density at radius 1 is 1.26 bits per heavy atom. The smallest absolute Gasteiger partial charge is 0.224 e. The molecule has 1 aromatic carbocycles.